The minimum atomic E-state index is -0.928. The maximum atomic E-state index is 12.3. The molecule has 2 aromatic carbocycles. The molecule has 0 aliphatic carbocycles. The molecule has 0 saturated heterocycles. The first kappa shape index (κ1) is 17.9. The van der Waals surface area contributed by atoms with Gasteiger partial charge in [0.15, 0.2) is 6.10 Å². The minimum Gasteiger partial charge on any atom is -0.496 e. The van der Waals surface area contributed by atoms with Gasteiger partial charge in [0, 0.05) is 10.6 Å². The van der Waals surface area contributed by atoms with Gasteiger partial charge in [-0.15, -0.1) is 11.8 Å². The monoisotopic (exact) mass is 345 g/mol. The molecule has 126 valence electrons. The van der Waals surface area contributed by atoms with Crippen molar-refractivity contribution in [3.8, 4) is 5.75 Å². The van der Waals surface area contributed by atoms with Crippen LogP contribution in [0.1, 0.15) is 17.3 Å². The van der Waals surface area contributed by atoms with Crippen LogP contribution in [0.2, 0.25) is 0 Å². The number of para-hydroxylation sites is 1. The largest absolute Gasteiger partial charge is 0.496 e. The fourth-order valence-corrected chi connectivity index (χ4v) is 2.44. The van der Waals surface area contributed by atoms with Crippen molar-refractivity contribution in [2.45, 2.75) is 17.9 Å². The van der Waals surface area contributed by atoms with Crippen LogP contribution < -0.4 is 10.1 Å². The first-order valence-electron chi connectivity index (χ1n) is 7.34. The second kappa shape index (κ2) is 8.40. The molecule has 1 amide bonds. The van der Waals surface area contributed by atoms with Crippen LogP contribution in [-0.2, 0) is 9.53 Å². The van der Waals surface area contributed by atoms with Gasteiger partial charge in [-0.05, 0) is 43.5 Å². The topological polar surface area (TPSA) is 64.6 Å². The van der Waals surface area contributed by atoms with Crippen molar-refractivity contribution < 1.29 is 19.1 Å². The van der Waals surface area contributed by atoms with Gasteiger partial charge in [-0.25, -0.2) is 4.79 Å². The summed E-state index contributed by atoms with van der Waals surface area (Å²) in [4.78, 5) is 25.4. The molecule has 0 saturated carbocycles. The van der Waals surface area contributed by atoms with Gasteiger partial charge in [-0.2, -0.15) is 0 Å². The molecular formula is C18H19NO4S. The van der Waals surface area contributed by atoms with E-state index >= 15 is 0 Å². The molecule has 2 rings (SSSR count). The highest BCUT2D eigenvalue weighted by Crippen LogP contribution is 2.26. The van der Waals surface area contributed by atoms with Gasteiger partial charge in [-0.1, -0.05) is 18.2 Å². The molecule has 0 fully saturated rings. The van der Waals surface area contributed by atoms with Crippen molar-refractivity contribution in [3.63, 3.8) is 0 Å². The number of methoxy groups -OCH3 is 1. The average Bonchev–Trinajstić information content (AvgIpc) is 2.61. The minimum absolute atomic E-state index is 0.287. The first-order chi connectivity index (χ1) is 11.5. The van der Waals surface area contributed by atoms with E-state index in [1.54, 1.807) is 42.1 Å². The molecule has 1 unspecified atom stereocenters. The Morgan fingerprint density at radius 2 is 1.83 bits per heavy atom. The lowest BCUT2D eigenvalue weighted by atomic mass is 10.2. The first-order valence-corrected chi connectivity index (χ1v) is 8.56. The summed E-state index contributed by atoms with van der Waals surface area (Å²) < 4.78 is 10.5. The zero-order valence-electron chi connectivity index (χ0n) is 13.7. The fourth-order valence-electron chi connectivity index (χ4n) is 2.01. The average molecular weight is 345 g/mol. The summed E-state index contributed by atoms with van der Waals surface area (Å²) in [6.07, 6.45) is 1.01. The highest BCUT2D eigenvalue weighted by molar-refractivity contribution is 7.98. The van der Waals surface area contributed by atoms with E-state index in [1.165, 1.54) is 14.0 Å². The number of carbonyl (C=O) groups is 2. The van der Waals surface area contributed by atoms with Gasteiger partial charge >= 0.3 is 5.97 Å². The molecule has 0 aliphatic heterocycles. The van der Waals surface area contributed by atoms with Crippen LogP contribution in [0, 0.1) is 0 Å². The van der Waals surface area contributed by atoms with E-state index in [4.69, 9.17) is 9.47 Å². The Balaban J connectivity index is 2.04. The van der Waals surface area contributed by atoms with Crippen LogP contribution in [-0.4, -0.2) is 31.3 Å². The molecule has 0 radical (unpaired) electrons. The molecule has 5 nitrogen and oxygen atoms in total. The molecule has 6 heteroatoms. The maximum absolute atomic E-state index is 12.3. The van der Waals surface area contributed by atoms with Crippen LogP contribution in [0.15, 0.2) is 53.4 Å². The SMILES string of the molecule is COc1cc(SC)ccc1C(=O)OC(C)C(=O)Nc1ccccc1. The van der Waals surface area contributed by atoms with Crippen molar-refractivity contribution in [2.24, 2.45) is 0 Å². The van der Waals surface area contributed by atoms with E-state index in [1.807, 2.05) is 24.5 Å². The van der Waals surface area contributed by atoms with E-state index in [0.29, 0.717) is 11.4 Å². The van der Waals surface area contributed by atoms with Crippen molar-refractivity contribution in [1.29, 1.82) is 0 Å². The molecular weight excluding hydrogens is 326 g/mol. The highest BCUT2D eigenvalue weighted by Gasteiger charge is 2.21. The van der Waals surface area contributed by atoms with Crippen molar-refractivity contribution in [1.82, 2.24) is 0 Å². The fraction of sp³-hybridized carbons (Fsp3) is 0.222. The van der Waals surface area contributed by atoms with Crippen molar-refractivity contribution in [3.05, 3.63) is 54.1 Å². The summed E-state index contributed by atoms with van der Waals surface area (Å²) >= 11 is 1.54. The number of hydrogen-bond acceptors (Lipinski definition) is 5. The van der Waals surface area contributed by atoms with E-state index in [2.05, 4.69) is 5.32 Å². The Morgan fingerprint density at radius 1 is 1.12 bits per heavy atom. The Hall–Kier alpha value is -2.47. The number of benzene rings is 2. The summed E-state index contributed by atoms with van der Waals surface area (Å²) in [7, 11) is 1.49. The molecule has 0 spiro atoms. The summed E-state index contributed by atoms with van der Waals surface area (Å²) in [6.45, 7) is 1.53. The third kappa shape index (κ3) is 4.52. The number of rotatable bonds is 6. The standard InChI is InChI=1S/C18H19NO4S/c1-12(17(20)19-13-7-5-4-6-8-13)23-18(21)15-10-9-14(24-3)11-16(15)22-2/h4-12H,1-3H3,(H,19,20). The molecule has 2 aromatic rings. The third-order valence-corrected chi connectivity index (χ3v) is 4.05. The number of carbonyl (C=O) groups excluding carboxylic acids is 2. The number of thioether (sulfide) groups is 1. The predicted octanol–water partition coefficient (Wildman–Crippen LogP) is 3.60. The number of anilines is 1. The van der Waals surface area contributed by atoms with Crippen LogP contribution in [0.5, 0.6) is 5.75 Å². The molecule has 1 N–H and O–H groups in total. The second-order valence-corrected chi connectivity index (χ2v) is 5.85. The van der Waals surface area contributed by atoms with Gasteiger partial charge in [0.2, 0.25) is 0 Å². The second-order valence-electron chi connectivity index (χ2n) is 4.97. The van der Waals surface area contributed by atoms with Crippen molar-refractivity contribution >= 4 is 29.3 Å². The Morgan fingerprint density at radius 3 is 2.46 bits per heavy atom. The Kier molecular flexibility index (Phi) is 6.26. The van der Waals surface area contributed by atoms with E-state index in [-0.39, 0.29) is 5.56 Å². The van der Waals surface area contributed by atoms with Crippen LogP contribution >= 0.6 is 11.8 Å². The van der Waals surface area contributed by atoms with E-state index in [0.717, 1.165) is 4.90 Å². The third-order valence-electron chi connectivity index (χ3n) is 3.32. The van der Waals surface area contributed by atoms with Crippen LogP contribution in [0.3, 0.4) is 0 Å². The van der Waals surface area contributed by atoms with E-state index in [9.17, 15) is 9.59 Å². The normalized spacial score (nSPS) is 11.5. The van der Waals surface area contributed by atoms with Gasteiger partial charge in [-0.3, -0.25) is 4.79 Å². The quantitative estimate of drug-likeness (QED) is 0.640. The van der Waals surface area contributed by atoms with Crippen LogP contribution in [0.25, 0.3) is 0 Å². The molecule has 24 heavy (non-hydrogen) atoms. The van der Waals surface area contributed by atoms with Gasteiger partial charge in [0.25, 0.3) is 5.91 Å². The van der Waals surface area contributed by atoms with Gasteiger partial charge < -0.3 is 14.8 Å². The number of esters is 1. The molecule has 0 aliphatic rings. The summed E-state index contributed by atoms with van der Waals surface area (Å²) in [5.41, 5.74) is 0.932. The zero-order valence-corrected chi connectivity index (χ0v) is 14.6. The molecule has 0 aromatic heterocycles. The van der Waals surface area contributed by atoms with Crippen LogP contribution in [0.4, 0.5) is 5.69 Å². The summed E-state index contributed by atoms with van der Waals surface area (Å²) in [6, 6.07) is 14.2. The van der Waals surface area contributed by atoms with Gasteiger partial charge in [0.1, 0.15) is 11.3 Å². The number of nitrogens with one attached hydrogen (secondary N) is 1. The highest BCUT2D eigenvalue weighted by atomic mass is 32.2. The lowest BCUT2D eigenvalue weighted by Crippen LogP contribution is -2.30. The lowest BCUT2D eigenvalue weighted by molar-refractivity contribution is -0.123. The maximum Gasteiger partial charge on any atom is 0.342 e. The zero-order chi connectivity index (χ0) is 17.5. The molecule has 0 bridgehead atoms. The summed E-state index contributed by atoms with van der Waals surface area (Å²) in [5, 5.41) is 2.69. The molecule has 0 heterocycles. The van der Waals surface area contributed by atoms with E-state index < -0.39 is 18.0 Å². The van der Waals surface area contributed by atoms with Crippen molar-refractivity contribution in [2.75, 3.05) is 18.7 Å². The molecule has 1 atom stereocenters. The number of ether oxygens (including phenoxy) is 2. The number of hydrogen-bond donors (Lipinski definition) is 1. The Bertz CT molecular complexity index is 718. The summed E-state index contributed by atoms with van der Waals surface area (Å²) in [5.74, 6) is -0.577. The van der Waals surface area contributed by atoms with Gasteiger partial charge in [0.05, 0.1) is 7.11 Å². The smallest absolute Gasteiger partial charge is 0.342 e. The number of amides is 1. The lowest BCUT2D eigenvalue weighted by Gasteiger charge is -2.15. The predicted molar refractivity (Wildman–Crippen MR) is 94.7 cm³/mol. The Labute approximate surface area is 145 Å².